The number of allylic oxidation sites excluding steroid dienone is 4. The van der Waals surface area contributed by atoms with Gasteiger partial charge in [0.05, 0.1) is 26.9 Å². The molecule has 0 fully saturated rings. The van der Waals surface area contributed by atoms with Gasteiger partial charge in [-0.2, -0.15) is 0 Å². The van der Waals surface area contributed by atoms with E-state index in [4.69, 9.17) is 16.5 Å². The van der Waals surface area contributed by atoms with Gasteiger partial charge in [0.1, 0.15) is 0 Å². The van der Waals surface area contributed by atoms with E-state index in [0.717, 1.165) is 78.8 Å². The van der Waals surface area contributed by atoms with Crippen LogP contribution < -0.4 is 5.32 Å². The van der Waals surface area contributed by atoms with Crippen LogP contribution in [0.15, 0.2) is 225 Å². The van der Waals surface area contributed by atoms with Gasteiger partial charge in [0.2, 0.25) is 5.95 Å². The number of thiophene rings is 1. The quantitative estimate of drug-likeness (QED) is 0.141. The molecule has 3 aromatic heterocycles. The van der Waals surface area contributed by atoms with Gasteiger partial charge in [-0.05, 0) is 92.4 Å². The summed E-state index contributed by atoms with van der Waals surface area (Å²) in [5, 5.41) is 8.64. The summed E-state index contributed by atoms with van der Waals surface area (Å²) in [6.45, 7) is 5.25. The topological polar surface area (TPSA) is 42.7 Å². The van der Waals surface area contributed by atoms with E-state index in [1.165, 1.54) is 48.7 Å². The van der Waals surface area contributed by atoms with Gasteiger partial charge < -0.3 is 9.88 Å². The first-order valence-corrected chi connectivity index (χ1v) is 24.1. The van der Waals surface area contributed by atoms with E-state index in [1.807, 2.05) is 6.07 Å². The maximum Gasteiger partial charge on any atom is 0.224 e. The number of anilines is 1. The molecule has 324 valence electrons. The number of benzene rings is 8. The lowest BCUT2D eigenvalue weighted by Gasteiger charge is -2.13. The van der Waals surface area contributed by atoms with Crippen molar-refractivity contribution in [3.8, 4) is 44.0 Å². The molecule has 0 spiro atoms. The molecule has 0 saturated heterocycles. The van der Waals surface area contributed by atoms with E-state index in [0.29, 0.717) is 12.5 Å². The molecule has 11 aromatic rings. The standard InChI is InChI=1S/C63H46N4S/c1-42(48-29-18-30-49(41-48)53-36-19-37-54-58(53)57-52-35-17-15-22-44(52)38-39-55(57)67(54)50-32-12-5-13-33-50)51-34-16-14-21-43(51)31-20-40-64-63-65-59(46-25-8-3-9-26-46)62-60(66-63)56(45-23-6-2-7-24-45)61(68-62)47-27-10-4-11-28-47/h2-4,6-12,14-39,41H,1,5,13,40H2,(H,64,65,66)/b31-20-. The Morgan fingerprint density at radius 1 is 0.632 bits per heavy atom. The molecule has 1 aliphatic rings. The van der Waals surface area contributed by atoms with Crippen LogP contribution in [0.3, 0.4) is 0 Å². The minimum atomic E-state index is 0.533. The van der Waals surface area contributed by atoms with E-state index >= 15 is 0 Å². The third-order valence-corrected chi connectivity index (χ3v) is 14.3. The van der Waals surface area contributed by atoms with Crippen LogP contribution in [0, 0.1) is 0 Å². The van der Waals surface area contributed by atoms with Crippen LogP contribution in [0.25, 0.3) is 104 Å². The average molecular weight is 891 g/mol. The molecule has 0 bridgehead atoms. The lowest BCUT2D eigenvalue weighted by Crippen LogP contribution is -2.04. The Balaban J connectivity index is 0.879. The predicted molar refractivity (Wildman–Crippen MR) is 291 cm³/mol. The Morgan fingerprint density at radius 2 is 1.34 bits per heavy atom. The molecule has 1 aliphatic carbocycles. The monoisotopic (exact) mass is 890 g/mol. The summed E-state index contributed by atoms with van der Waals surface area (Å²) < 4.78 is 3.52. The molecule has 1 N–H and O–H groups in total. The second-order valence-corrected chi connectivity index (χ2v) is 18.3. The first-order valence-electron chi connectivity index (χ1n) is 23.3. The molecule has 5 heteroatoms. The smallest absolute Gasteiger partial charge is 0.224 e. The van der Waals surface area contributed by atoms with Crippen molar-refractivity contribution in [1.82, 2.24) is 14.5 Å². The van der Waals surface area contributed by atoms with Crippen molar-refractivity contribution >= 4 is 77.4 Å². The third kappa shape index (κ3) is 7.44. The van der Waals surface area contributed by atoms with Crippen molar-refractivity contribution in [2.24, 2.45) is 0 Å². The molecule has 0 saturated carbocycles. The van der Waals surface area contributed by atoms with Crippen LogP contribution in [0.5, 0.6) is 0 Å². The molecule has 0 unspecified atom stereocenters. The van der Waals surface area contributed by atoms with Crippen molar-refractivity contribution in [2.75, 3.05) is 11.9 Å². The summed E-state index contributed by atoms with van der Waals surface area (Å²) in [4.78, 5) is 11.6. The van der Waals surface area contributed by atoms with E-state index < -0.39 is 0 Å². The third-order valence-electron chi connectivity index (χ3n) is 13.1. The lowest BCUT2D eigenvalue weighted by atomic mass is 9.91. The number of hydrogen-bond donors (Lipinski definition) is 1. The number of nitrogens with one attached hydrogen (secondary N) is 1. The summed E-state index contributed by atoms with van der Waals surface area (Å²) in [5.74, 6) is 0.586. The van der Waals surface area contributed by atoms with Crippen LogP contribution in [-0.4, -0.2) is 21.1 Å². The van der Waals surface area contributed by atoms with E-state index in [1.54, 1.807) is 11.3 Å². The normalized spacial score (nSPS) is 12.7. The Morgan fingerprint density at radius 3 is 2.15 bits per heavy atom. The SMILES string of the molecule is C=C(c1cccc(-c2cccc3c2c2c4ccccc4ccc2n3C2=CCCC=C2)c1)c1ccccc1/C=C\CNc1nc(-c2ccccc2)c2sc(-c3ccccc3)c(-c3ccccc3)c2n1. The summed E-state index contributed by atoms with van der Waals surface area (Å²) in [6.07, 6.45) is 13.4. The highest BCUT2D eigenvalue weighted by Crippen LogP contribution is 2.47. The number of aromatic nitrogens is 3. The number of fused-ring (bicyclic) bond motifs is 6. The minimum Gasteiger partial charge on any atom is -0.351 e. The highest BCUT2D eigenvalue weighted by Gasteiger charge is 2.23. The van der Waals surface area contributed by atoms with Gasteiger partial charge >= 0.3 is 0 Å². The molecular weight excluding hydrogens is 845 g/mol. The van der Waals surface area contributed by atoms with Crippen molar-refractivity contribution in [1.29, 1.82) is 0 Å². The molecule has 8 aromatic carbocycles. The molecule has 3 heterocycles. The zero-order chi connectivity index (χ0) is 45.4. The molecule has 68 heavy (non-hydrogen) atoms. The van der Waals surface area contributed by atoms with Crippen LogP contribution in [-0.2, 0) is 0 Å². The summed E-state index contributed by atoms with van der Waals surface area (Å²) in [6, 6.07) is 69.1. The van der Waals surface area contributed by atoms with Gasteiger partial charge in [-0.1, -0.05) is 207 Å². The summed E-state index contributed by atoms with van der Waals surface area (Å²) in [5.41, 5.74) is 16.6. The van der Waals surface area contributed by atoms with Crippen LogP contribution in [0.2, 0.25) is 0 Å². The van der Waals surface area contributed by atoms with Gasteiger partial charge in [0.25, 0.3) is 0 Å². The average Bonchev–Trinajstić information content (AvgIpc) is 3.97. The molecular formula is C63H46N4S. The fourth-order valence-corrected chi connectivity index (χ4v) is 11.2. The largest absolute Gasteiger partial charge is 0.351 e. The minimum absolute atomic E-state index is 0.533. The maximum atomic E-state index is 5.26. The second-order valence-electron chi connectivity index (χ2n) is 17.2. The maximum absolute atomic E-state index is 5.26. The van der Waals surface area contributed by atoms with Crippen molar-refractivity contribution in [3.63, 3.8) is 0 Å². The molecule has 0 amide bonds. The van der Waals surface area contributed by atoms with Crippen molar-refractivity contribution in [2.45, 2.75) is 12.8 Å². The van der Waals surface area contributed by atoms with Gasteiger partial charge in [0.15, 0.2) is 0 Å². The van der Waals surface area contributed by atoms with Gasteiger partial charge in [-0.25, -0.2) is 9.97 Å². The van der Waals surface area contributed by atoms with E-state index in [-0.39, 0.29) is 0 Å². The number of rotatable bonds is 11. The number of hydrogen-bond acceptors (Lipinski definition) is 4. The Kier molecular flexibility index (Phi) is 10.7. The fraction of sp³-hybridized carbons (Fsp3) is 0.0476. The van der Waals surface area contributed by atoms with Crippen LogP contribution in [0.4, 0.5) is 5.95 Å². The van der Waals surface area contributed by atoms with E-state index in [9.17, 15) is 0 Å². The van der Waals surface area contributed by atoms with Crippen molar-refractivity contribution in [3.05, 3.63) is 242 Å². The summed E-state index contributed by atoms with van der Waals surface area (Å²) >= 11 is 1.76. The molecule has 0 atom stereocenters. The van der Waals surface area contributed by atoms with Gasteiger partial charge in [-0.15, -0.1) is 11.3 Å². The first-order chi connectivity index (χ1) is 33.7. The lowest BCUT2D eigenvalue weighted by molar-refractivity contribution is 1.02. The van der Waals surface area contributed by atoms with Gasteiger partial charge in [-0.3, -0.25) is 0 Å². The highest BCUT2D eigenvalue weighted by atomic mass is 32.1. The van der Waals surface area contributed by atoms with Crippen LogP contribution >= 0.6 is 11.3 Å². The second kappa shape index (κ2) is 17.8. The summed E-state index contributed by atoms with van der Waals surface area (Å²) in [7, 11) is 0. The molecule has 12 rings (SSSR count). The molecule has 0 aliphatic heterocycles. The zero-order valence-electron chi connectivity index (χ0n) is 37.4. The first kappa shape index (κ1) is 41.1. The van der Waals surface area contributed by atoms with Gasteiger partial charge in [0, 0.05) is 39.0 Å². The molecule has 0 radical (unpaired) electrons. The highest BCUT2D eigenvalue weighted by molar-refractivity contribution is 7.23. The predicted octanol–water partition coefficient (Wildman–Crippen LogP) is 17.0. The van der Waals surface area contributed by atoms with Crippen molar-refractivity contribution < 1.29 is 0 Å². The van der Waals surface area contributed by atoms with Crippen LogP contribution in [0.1, 0.15) is 29.5 Å². The Labute approximate surface area is 400 Å². The molecule has 4 nitrogen and oxygen atoms in total. The Hall–Kier alpha value is -8.38. The Bertz CT molecular complexity index is 3800. The fourth-order valence-electron chi connectivity index (χ4n) is 9.91. The number of nitrogens with zero attached hydrogens (tertiary/aromatic N) is 3. The van der Waals surface area contributed by atoms with E-state index in [2.05, 4.69) is 228 Å². The zero-order valence-corrected chi connectivity index (χ0v) is 38.3.